The number of carbonyl (C=O) groups is 2. The molecule has 1 heterocycles. The van der Waals surface area contributed by atoms with Gasteiger partial charge in [0.15, 0.2) is 5.78 Å². The minimum absolute atomic E-state index is 0.0916. The predicted molar refractivity (Wildman–Crippen MR) is 75.4 cm³/mol. The van der Waals surface area contributed by atoms with Gasteiger partial charge in [-0.15, -0.1) is 5.10 Å². The number of ether oxygens (including phenoxy) is 1. The van der Waals surface area contributed by atoms with Crippen LogP contribution in [-0.2, 0) is 4.74 Å². The first kappa shape index (κ1) is 15.2. The van der Waals surface area contributed by atoms with Gasteiger partial charge in [-0.2, -0.15) is 0 Å². The first-order chi connectivity index (χ1) is 10.1. The number of ketones is 1. The Balaban J connectivity index is 2.05. The number of nitrogens with zero attached hydrogens (tertiary/aromatic N) is 2. The molecule has 0 aliphatic rings. The summed E-state index contributed by atoms with van der Waals surface area (Å²) in [5.41, 5.74) is 0.666. The molecule has 6 nitrogen and oxygen atoms in total. The van der Waals surface area contributed by atoms with Gasteiger partial charge < -0.3 is 9.15 Å². The first-order valence-electron chi connectivity index (χ1n) is 6.45. The molecule has 0 spiro atoms. The number of aromatic nitrogens is 2. The van der Waals surface area contributed by atoms with E-state index >= 15 is 0 Å². The van der Waals surface area contributed by atoms with Gasteiger partial charge >= 0.3 is 11.9 Å². The smallest absolute Gasteiger partial charge is 0.396 e. The topological polar surface area (TPSA) is 82.3 Å². The maximum Gasteiger partial charge on any atom is 0.396 e. The van der Waals surface area contributed by atoms with Crippen LogP contribution in [-0.4, -0.2) is 28.6 Å². The van der Waals surface area contributed by atoms with Gasteiger partial charge in [0.1, 0.15) is 0 Å². The van der Waals surface area contributed by atoms with Gasteiger partial charge in [0.25, 0.3) is 5.22 Å². The van der Waals surface area contributed by atoms with Crippen molar-refractivity contribution in [2.45, 2.75) is 30.4 Å². The van der Waals surface area contributed by atoms with Crippen LogP contribution < -0.4 is 0 Å². The summed E-state index contributed by atoms with van der Waals surface area (Å²) in [6.07, 6.45) is 0.471. The third kappa shape index (κ3) is 3.91. The average Bonchev–Trinajstić information content (AvgIpc) is 2.96. The number of hydrogen-bond donors (Lipinski definition) is 0. The molecular formula is C14H14N2O4S. The quantitative estimate of drug-likeness (QED) is 0.599. The Kier molecular flexibility index (Phi) is 5.10. The Morgan fingerprint density at radius 2 is 1.90 bits per heavy atom. The minimum Gasteiger partial charge on any atom is -0.459 e. The highest BCUT2D eigenvalue weighted by molar-refractivity contribution is 7.99. The molecule has 0 bridgehead atoms. The number of esters is 1. The Morgan fingerprint density at radius 1 is 1.19 bits per heavy atom. The molecule has 1 aromatic carbocycles. The van der Waals surface area contributed by atoms with E-state index in [0.717, 1.165) is 4.90 Å². The van der Waals surface area contributed by atoms with Crippen molar-refractivity contribution >= 4 is 23.5 Å². The van der Waals surface area contributed by atoms with E-state index in [-0.39, 0.29) is 23.5 Å². The van der Waals surface area contributed by atoms with E-state index in [0.29, 0.717) is 12.0 Å². The minimum atomic E-state index is -0.638. The normalized spacial score (nSPS) is 10.4. The number of carbonyl (C=O) groups excluding carboxylic acids is 2. The summed E-state index contributed by atoms with van der Waals surface area (Å²) in [7, 11) is 0. The van der Waals surface area contributed by atoms with E-state index < -0.39 is 5.97 Å². The van der Waals surface area contributed by atoms with Crippen LogP contribution in [0.3, 0.4) is 0 Å². The highest BCUT2D eigenvalue weighted by Gasteiger charge is 2.16. The van der Waals surface area contributed by atoms with Crippen LogP contribution in [0.5, 0.6) is 0 Å². The maximum absolute atomic E-state index is 11.5. The van der Waals surface area contributed by atoms with Crippen molar-refractivity contribution in [3.63, 3.8) is 0 Å². The van der Waals surface area contributed by atoms with Gasteiger partial charge in [-0.3, -0.25) is 4.79 Å². The molecule has 0 saturated carbocycles. The van der Waals surface area contributed by atoms with Crippen molar-refractivity contribution in [1.29, 1.82) is 0 Å². The van der Waals surface area contributed by atoms with E-state index in [1.807, 2.05) is 6.92 Å². The molecule has 0 unspecified atom stereocenters. The van der Waals surface area contributed by atoms with E-state index in [4.69, 9.17) is 9.15 Å². The molecule has 21 heavy (non-hydrogen) atoms. The summed E-state index contributed by atoms with van der Waals surface area (Å²) < 4.78 is 9.96. The lowest BCUT2D eigenvalue weighted by molar-refractivity contribution is 0.0475. The van der Waals surface area contributed by atoms with Crippen molar-refractivity contribution in [1.82, 2.24) is 10.2 Å². The van der Waals surface area contributed by atoms with Crippen molar-refractivity contribution < 1.29 is 18.7 Å². The first-order valence-corrected chi connectivity index (χ1v) is 7.27. The van der Waals surface area contributed by atoms with Gasteiger partial charge in [-0.05, 0) is 30.8 Å². The number of benzene rings is 1. The van der Waals surface area contributed by atoms with Crippen molar-refractivity contribution in [3.05, 3.63) is 35.7 Å². The SMILES string of the molecule is CCOC(=O)c1nnc(Sc2ccc(C(=O)CC)cc2)o1. The lowest BCUT2D eigenvalue weighted by Crippen LogP contribution is -2.04. The zero-order chi connectivity index (χ0) is 15.2. The number of rotatable bonds is 6. The standard InChI is InChI=1S/C14H14N2O4S/c1-3-11(17)9-5-7-10(8-6-9)21-14-16-15-12(20-14)13(18)19-4-2/h5-8H,3-4H2,1-2H3. The van der Waals surface area contributed by atoms with E-state index in [9.17, 15) is 9.59 Å². The summed E-state index contributed by atoms with van der Waals surface area (Å²) >= 11 is 1.21. The van der Waals surface area contributed by atoms with Crippen molar-refractivity contribution in [2.24, 2.45) is 0 Å². The van der Waals surface area contributed by atoms with Crippen molar-refractivity contribution in [3.8, 4) is 0 Å². The Bertz CT molecular complexity index is 637. The maximum atomic E-state index is 11.5. The molecule has 0 atom stereocenters. The molecule has 1 aromatic heterocycles. The highest BCUT2D eigenvalue weighted by atomic mass is 32.2. The highest BCUT2D eigenvalue weighted by Crippen LogP contribution is 2.26. The molecule has 0 aliphatic carbocycles. The Morgan fingerprint density at radius 3 is 2.52 bits per heavy atom. The van der Waals surface area contributed by atoms with E-state index in [2.05, 4.69) is 10.2 Å². The third-order valence-corrected chi connectivity index (χ3v) is 3.41. The van der Waals surface area contributed by atoms with Gasteiger partial charge in [0.05, 0.1) is 6.61 Å². The van der Waals surface area contributed by atoms with Gasteiger partial charge in [-0.1, -0.05) is 24.2 Å². The zero-order valence-electron chi connectivity index (χ0n) is 11.7. The van der Waals surface area contributed by atoms with Crippen LogP contribution in [0.15, 0.2) is 38.8 Å². The Hall–Kier alpha value is -2.15. The fourth-order valence-electron chi connectivity index (χ4n) is 1.54. The molecule has 0 radical (unpaired) electrons. The summed E-state index contributed by atoms with van der Waals surface area (Å²) in [5, 5.41) is 7.63. The molecule has 0 fully saturated rings. The van der Waals surface area contributed by atoms with E-state index in [1.165, 1.54) is 11.8 Å². The molecule has 0 aliphatic heterocycles. The Labute approximate surface area is 125 Å². The molecule has 2 rings (SSSR count). The second kappa shape index (κ2) is 7.03. The summed E-state index contributed by atoms with van der Waals surface area (Å²) in [4.78, 5) is 23.8. The lowest BCUT2D eigenvalue weighted by Gasteiger charge is -1.99. The van der Waals surface area contributed by atoms with Crippen LogP contribution in [0.4, 0.5) is 0 Å². The molecule has 110 valence electrons. The molecule has 0 N–H and O–H groups in total. The molecule has 2 aromatic rings. The average molecular weight is 306 g/mol. The summed E-state index contributed by atoms with van der Waals surface area (Å²) in [5.74, 6) is -0.716. The van der Waals surface area contributed by atoms with Crippen molar-refractivity contribution in [2.75, 3.05) is 6.61 Å². The molecule has 0 saturated heterocycles. The van der Waals surface area contributed by atoms with Crippen LogP contribution in [0, 0.1) is 0 Å². The fraction of sp³-hybridized carbons (Fsp3) is 0.286. The van der Waals surface area contributed by atoms with Gasteiger partial charge in [0.2, 0.25) is 0 Å². The number of hydrogen-bond acceptors (Lipinski definition) is 7. The van der Waals surface area contributed by atoms with Gasteiger partial charge in [-0.25, -0.2) is 4.79 Å². The van der Waals surface area contributed by atoms with Crippen LogP contribution in [0.2, 0.25) is 0 Å². The fourth-order valence-corrected chi connectivity index (χ4v) is 2.22. The summed E-state index contributed by atoms with van der Waals surface area (Å²) in [6.45, 7) is 3.76. The van der Waals surface area contributed by atoms with Crippen LogP contribution in [0.25, 0.3) is 0 Å². The molecule has 7 heteroatoms. The third-order valence-electron chi connectivity index (χ3n) is 2.56. The second-order valence-corrected chi connectivity index (χ2v) is 5.02. The van der Waals surface area contributed by atoms with E-state index in [1.54, 1.807) is 31.2 Å². The number of Topliss-reactive ketones (excluding diaryl/α,β-unsaturated/α-hetero) is 1. The monoisotopic (exact) mass is 306 g/mol. The molecule has 0 amide bonds. The lowest BCUT2D eigenvalue weighted by atomic mass is 10.1. The van der Waals surface area contributed by atoms with Crippen LogP contribution >= 0.6 is 11.8 Å². The second-order valence-electron chi connectivity index (χ2n) is 4.00. The zero-order valence-corrected chi connectivity index (χ0v) is 12.5. The largest absolute Gasteiger partial charge is 0.459 e. The summed E-state index contributed by atoms with van der Waals surface area (Å²) in [6, 6.07) is 7.08. The van der Waals surface area contributed by atoms with Gasteiger partial charge in [0, 0.05) is 16.9 Å². The van der Waals surface area contributed by atoms with Crippen LogP contribution in [0.1, 0.15) is 41.3 Å². The predicted octanol–water partition coefficient (Wildman–Crippen LogP) is 2.99. The molecular weight excluding hydrogens is 292 g/mol.